The summed E-state index contributed by atoms with van der Waals surface area (Å²) in [7, 11) is 1.40. The fraction of sp³-hybridized carbons (Fsp3) is 0.261. The number of para-hydroxylation sites is 1. The summed E-state index contributed by atoms with van der Waals surface area (Å²) in [5.74, 6) is -0.257. The van der Waals surface area contributed by atoms with Crippen molar-refractivity contribution in [3.8, 4) is 5.69 Å². The summed E-state index contributed by atoms with van der Waals surface area (Å²) in [6, 6.07) is 18.0. The number of pyridine rings is 1. The van der Waals surface area contributed by atoms with Gasteiger partial charge >= 0.3 is 5.97 Å². The van der Waals surface area contributed by atoms with E-state index in [1.165, 1.54) is 12.7 Å². The summed E-state index contributed by atoms with van der Waals surface area (Å²) in [5.41, 5.74) is 4.28. The van der Waals surface area contributed by atoms with E-state index in [0.29, 0.717) is 11.7 Å². The van der Waals surface area contributed by atoms with Gasteiger partial charge in [-0.15, -0.1) is 0 Å². The van der Waals surface area contributed by atoms with Gasteiger partial charge in [0, 0.05) is 30.3 Å². The van der Waals surface area contributed by atoms with Gasteiger partial charge in [0.1, 0.15) is 0 Å². The van der Waals surface area contributed by atoms with Crippen molar-refractivity contribution in [2.45, 2.75) is 25.4 Å². The molecule has 1 aliphatic rings. The van der Waals surface area contributed by atoms with Gasteiger partial charge in [0.2, 0.25) is 0 Å². The van der Waals surface area contributed by atoms with Crippen molar-refractivity contribution in [3.63, 3.8) is 0 Å². The number of ether oxygens (including phenoxy) is 1. The SMILES string of the molecule is COC(=O)CCN1C(=S)N[C@@H](c2ccccn2)[C@@H]1c1cccn1-c1ccccc1C. The van der Waals surface area contributed by atoms with E-state index in [9.17, 15) is 4.79 Å². The molecule has 0 unspecified atom stereocenters. The third kappa shape index (κ3) is 3.80. The van der Waals surface area contributed by atoms with Gasteiger partial charge in [-0.3, -0.25) is 9.78 Å². The van der Waals surface area contributed by atoms with Crippen molar-refractivity contribution in [2.24, 2.45) is 0 Å². The molecule has 0 aliphatic carbocycles. The molecule has 154 valence electrons. The molecule has 30 heavy (non-hydrogen) atoms. The van der Waals surface area contributed by atoms with Crippen LogP contribution in [-0.2, 0) is 9.53 Å². The van der Waals surface area contributed by atoms with Crippen LogP contribution in [0.4, 0.5) is 0 Å². The molecule has 0 bridgehead atoms. The molecule has 0 saturated carbocycles. The zero-order chi connectivity index (χ0) is 21.1. The molecule has 0 spiro atoms. The Morgan fingerprint density at radius 3 is 2.70 bits per heavy atom. The number of thiocarbonyl (C=S) groups is 1. The van der Waals surface area contributed by atoms with Gasteiger partial charge in [-0.2, -0.15) is 0 Å². The van der Waals surface area contributed by atoms with Crippen LogP contribution in [0.3, 0.4) is 0 Å². The summed E-state index contributed by atoms with van der Waals surface area (Å²) in [5, 5.41) is 4.03. The molecule has 7 heteroatoms. The molecule has 1 saturated heterocycles. The standard InChI is InChI=1S/C23H24N4O2S/c1-16-8-3-4-10-18(16)26-14-7-11-19(26)22-21(17-9-5-6-13-24-17)25-23(30)27(22)15-12-20(28)29-2/h3-11,13-14,21-22H,12,15H2,1-2H3,(H,25,30)/t21-,22-/m0/s1. The lowest BCUT2D eigenvalue weighted by atomic mass is 10.0. The molecule has 1 fully saturated rings. The Kier molecular flexibility index (Phi) is 5.81. The predicted octanol–water partition coefficient (Wildman–Crippen LogP) is 3.72. The Bertz CT molecular complexity index is 1050. The first-order valence-electron chi connectivity index (χ1n) is 9.88. The molecule has 3 heterocycles. The molecular weight excluding hydrogens is 396 g/mol. The zero-order valence-electron chi connectivity index (χ0n) is 17.0. The number of nitrogens with one attached hydrogen (secondary N) is 1. The number of aromatic nitrogens is 2. The van der Waals surface area contributed by atoms with Gasteiger partial charge in [0.15, 0.2) is 5.11 Å². The summed E-state index contributed by atoms with van der Waals surface area (Å²) >= 11 is 5.67. The Labute approximate surface area is 181 Å². The smallest absolute Gasteiger partial charge is 0.307 e. The highest BCUT2D eigenvalue weighted by Crippen LogP contribution is 2.39. The van der Waals surface area contributed by atoms with E-state index in [2.05, 4.69) is 51.1 Å². The minimum absolute atomic E-state index is 0.119. The van der Waals surface area contributed by atoms with Crippen LogP contribution >= 0.6 is 12.2 Å². The van der Waals surface area contributed by atoms with Gasteiger partial charge < -0.3 is 19.5 Å². The molecule has 1 aliphatic heterocycles. The number of carbonyl (C=O) groups is 1. The Balaban J connectivity index is 1.78. The average molecular weight is 421 g/mol. The lowest BCUT2D eigenvalue weighted by molar-refractivity contribution is -0.140. The van der Waals surface area contributed by atoms with E-state index < -0.39 is 0 Å². The van der Waals surface area contributed by atoms with Gasteiger partial charge in [0.05, 0.1) is 31.3 Å². The van der Waals surface area contributed by atoms with Gasteiger partial charge in [0.25, 0.3) is 0 Å². The van der Waals surface area contributed by atoms with Gasteiger partial charge in [-0.25, -0.2) is 0 Å². The normalized spacial score (nSPS) is 18.3. The quantitative estimate of drug-likeness (QED) is 0.485. The molecule has 4 rings (SSSR count). The van der Waals surface area contributed by atoms with Crippen molar-refractivity contribution in [1.29, 1.82) is 0 Å². The Morgan fingerprint density at radius 2 is 1.97 bits per heavy atom. The highest BCUT2D eigenvalue weighted by Gasteiger charge is 2.41. The first kappa shape index (κ1) is 20.1. The minimum Gasteiger partial charge on any atom is -0.469 e. The number of hydrogen-bond acceptors (Lipinski definition) is 4. The van der Waals surface area contributed by atoms with E-state index >= 15 is 0 Å². The van der Waals surface area contributed by atoms with Crippen molar-refractivity contribution in [2.75, 3.05) is 13.7 Å². The largest absolute Gasteiger partial charge is 0.469 e. The number of aryl methyl sites for hydroxylation is 1. The molecule has 0 radical (unpaired) electrons. The zero-order valence-corrected chi connectivity index (χ0v) is 17.8. The summed E-state index contributed by atoms with van der Waals surface area (Å²) in [4.78, 5) is 18.5. The number of rotatable bonds is 6. The molecular formula is C23H24N4O2S. The van der Waals surface area contributed by atoms with E-state index in [4.69, 9.17) is 17.0 Å². The third-order valence-electron chi connectivity index (χ3n) is 5.44. The third-order valence-corrected chi connectivity index (χ3v) is 5.79. The van der Waals surface area contributed by atoms with Crippen LogP contribution in [-0.4, -0.2) is 39.2 Å². The molecule has 1 aromatic carbocycles. The maximum absolute atomic E-state index is 11.8. The maximum Gasteiger partial charge on any atom is 0.307 e. The van der Waals surface area contributed by atoms with Crippen LogP contribution in [0.15, 0.2) is 67.0 Å². The van der Waals surface area contributed by atoms with Crippen LogP contribution in [0, 0.1) is 6.92 Å². The molecule has 6 nitrogen and oxygen atoms in total. The number of methoxy groups -OCH3 is 1. The lowest BCUT2D eigenvalue weighted by Crippen LogP contribution is -2.32. The number of hydrogen-bond donors (Lipinski definition) is 1. The minimum atomic E-state index is -0.257. The van der Waals surface area contributed by atoms with Crippen LogP contribution in [0.25, 0.3) is 5.69 Å². The second-order valence-corrected chi connectivity index (χ2v) is 7.62. The molecule has 3 aromatic rings. The second kappa shape index (κ2) is 8.67. The summed E-state index contributed by atoms with van der Waals surface area (Å²) < 4.78 is 7.04. The highest BCUT2D eigenvalue weighted by atomic mass is 32.1. The number of esters is 1. The lowest BCUT2D eigenvalue weighted by Gasteiger charge is -2.29. The molecule has 2 aromatic heterocycles. The van der Waals surface area contributed by atoms with Gasteiger partial charge in [-0.05, 0) is 55.0 Å². The average Bonchev–Trinajstić information content (AvgIpc) is 3.37. The van der Waals surface area contributed by atoms with E-state index in [1.54, 1.807) is 6.20 Å². The first-order chi connectivity index (χ1) is 14.6. The fourth-order valence-corrected chi connectivity index (χ4v) is 4.30. The van der Waals surface area contributed by atoms with Crippen molar-refractivity contribution < 1.29 is 9.53 Å². The van der Waals surface area contributed by atoms with E-state index in [0.717, 1.165) is 17.1 Å². The van der Waals surface area contributed by atoms with Crippen LogP contribution in [0.2, 0.25) is 0 Å². The van der Waals surface area contributed by atoms with Crippen molar-refractivity contribution >= 4 is 23.3 Å². The fourth-order valence-electron chi connectivity index (χ4n) is 3.97. The Hall–Kier alpha value is -3.19. The molecule has 2 atom stereocenters. The van der Waals surface area contributed by atoms with Crippen LogP contribution in [0.1, 0.15) is 35.5 Å². The predicted molar refractivity (Wildman–Crippen MR) is 119 cm³/mol. The van der Waals surface area contributed by atoms with Crippen LogP contribution < -0.4 is 5.32 Å². The van der Waals surface area contributed by atoms with Crippen LogP contribution in [0.5, 0.6) is 0 Å². The maximum atomic E-state index is 11.8. The Morgan fingerprint density at radius 1 is 1.17 bits per heavy atom. The number of benzene rings is 1. The topological polar surface area (TPSA) is 59.4 Å². The van der Waals surface area contributed by atoms with Crippen molar-refractivity contribution in [3.05, 3.63) is 83.9 Å². The highest BCUT2D eigenvalue weighted by molar-refractivity contribution is 7.80. The molecule has 0 amide bonds. The van der Waals surface area contributed by atoms with E-state index in [1.807, 2.05) is 36.4 Å². The van der Waals surface area contributed by atoms with E-state index in [-0.39, 0.29) is 24.5 Å². The number of carbonyl (C=O) groups excluding carboxylic acids is 1. The summed E-state index contributed by atoms with van der Waals surface area (Å²) in [6.07, 6.45) is 4.11. The monoisotopic (exact) mass is 420 g/mol. The van der Waals surface area contributed by atoms with Gasteiger partial charge in [-0.1, -0.05) is 24.3 Å². The second-order valence-electron chi connectivity index (χ2n) is 7.24. The first-order valence-corrected chi connectivity index (χ1v) is 10.3. The molecule has 1 N–H and O–H groups in total. The van der Waals surface area contributed by atoms with Crippen molar-refractivity contribution in [1.82, 2.24) is 19.8 Å². The summed E-state index contributed by atoms with van der Waals surface area (Å²) in [6.45, 7) is 2.56. The number of nitrogens with zero attached hydrogens (tertiary/aromatic N) is 3.